The van der Waals surface area contributed by atoms with Gasteiger partial charge in [0.05, 0.1) is 0 Å². The van der Waals surface area contributed by atoms with Gasteiger partial charge < -0.3 is 10.2 Å². The molecule has 0 bridgehead atoms. The molecule has 2 atom stereocenters. The van der Waals surface area contributed by atoms with Gasteiger partial charge in [0.15, 0.2) is 0 Å². The molecule has 0 aromatic carbocycles. The Morgan fingerprint density at radius 3 is 2.58 bits per heavy atom. The topological polar surface area (TPSA) is 32.3 Å². The molecule has 2 rings (SSSR count). The summed E-state index contributed by atoms with van der Waals surface area (Å²) in [6.45, 7) is 7.74. The summed E-state index contributed by atoms with van der Waals surface area (Å²) in [4.78, 5) is 14.4. The highest BCUT2D eigenvalue weighted by Gasteiger charge is 2.28. The van der Waals surface area contributed by atoms with Gasteiger partial charge in [-0.25, -0.2) is 0 Å². The minimum absolute atomic E-state index is 0. The molecule has 0 aromatic rings. The van der Waals surface area contributed by atoms with Crippen LogP contribution in [0.4, 0.5) is 0 Å². The van der Waals surface area contributed by atoms with Crippen LogP contribution in [-0.2, 0) is 4.79 Å². The smallest absolute Gasteiger partial charge is 0.222 e. The number of amides is 1. The maximum atomic E-state index is 12.3. The van der Waals surface area contributed by atoms with E-state index >= 15 is 0 Å². The predicted octanol–water partition coefficient (Wildman–Crippen LogP) is 2.84. The van der Waals surface area contributed by atoms with Crippen molar-refractivity contribution in [3.63, 3.8) is 0 Å². The second-order valence-corrected chi connectivity index (χ2v) is 6.18. The number of rotatable bonds is 3. The average molecular weight is 289 g/mol. The second kappa shape index (κ2) is 8.11. The van der Waals surface area contributed by atoms with Crippen molar-refractivity contribution in [3.8, 4) is 0 Å². The van der Waals surface area contributed by atoms with Crippen molar-refractivity contribution in [1.29, 1.82) is 0 Å². The Morgan fingerprint density at radius 1 is 1.21 bits per heavy atom. The highest BCUT2D eigenvalue weighted by molar-refractivity contribution is 5.85. The van der Waals surface area contributed by atoms with Crippen LogP contribution in [0.5, 0.6) is 0 Å². The summed E-state index contributed by atoms with van der Waals surface area (Å²) in [5.74, 6) is 1.84. The van der Waals surface area contributed by atoms with Crippen LogP contribution in [0, 0.1) is 11.8 Å². The number of halogens is 1. The largest absolute Gasteiger partial charge is 0.340 e. The average Bonchev–Trinajstić information content (AvgIpc) is 2.40. The molecule has 2 saturated heterocycles. The maximum Gasteiger partial charge on any atom is 0.222 e. The van der Waals surface area contributed by atoms with E-state index in [9.17, 15) is 4.79 Å². The normalized spacial score (nSPS) is 28.8. The first-order valence-electron chi connectivity index (χ1n) is 7.68. The van der Waals surface area contributed by atoms with Gasteiger partial charge in [0, 0.05) is 19.0 Å². The van der Waals surface area contributed by atoms with E-state index in [1.807, 2.05) is 0 Å². The lowest BCUT2D eigenvalue weighted by Gasteiger charge is -2.38. The minimum Gasteiger partial charge on any atom is -0.340 e. The zero-order chi connectivity index (χ0) is 13.0. The first-order valence-corrected chi connectivity index (χ1v) is 7.68. The standard InChI is InChI=1S/C15H28N2O.ClH/c1-12-4-3-11-17(13(12)2)15(18)6-5-14-7-9-16-10-8-14;/h12-14,16H,3-11H2,1-2H3;1H. The number of hydrogen-bond donors (Lipinski definition) is 1. The molecule has 1 amide bonds. The van der Waals surface area contributed by atoms with E-state index in [4.69, 9.17) is 0 Å². The Labute approximate surface area is 123 Å². The first kappa shape index (κ1) is 16.8. The van der Waals surface area contributed by atoms with Crippen LogP contribution in [0.2, 0.25) is 0 Å². The van der Waals surface area contributed by atoms with Crippen LogP contribution in [0.1, 0.15) is 52.4 Å². The van der Waals surface area contributed by atoms with Crippen molar-refractivity contribution in [1.82, 2.24) is 10.2 Å². The van der Waals surface area contributed by atoms with Gasteiger partial charge in [-0.2, -0.15) is 0 Å². The molecule has 0 spiro atoms. The third kappa shape index (κ3) is 4.64. The lowest BCUT2D eigenvalue weighted by Crippen LogP contribution is -2.46. The maximum absolute atomic E-state index is 12.3. The van der Waals surface area contributed by atoms with Gasteiger partial charge in [0.25, 0.3) is 0 Å². The predicted molar refractivity (Wildman–Crippen MR) is 81.6 cm³/mol. The third-order valence-electron chi connectivity index (χ3n) is 4.92. The van der Waals surface area contributed by atoms with Crippen LogP contribution in [0.25, 0.3) is 0 Å². The van der Waals surface area contributed by atoms with E-state index < -0.39 is 0 Å². The van der Waals surface area contributed by atoms with Crippen LogP contribution in [-0.4, -0.2) is 36.5 Å². The summed E-state index contributed by atoms with van der Waals surface area (Å²) in [5, 5.41) is 3.38. The lowest BCUT2D eigenvalue weighted by atomic mass is 9.90. The van der Waals surface area contributed by atoms with Gasteiger partial charge in [-0.1, -0.05) is 6.92 Å². The number of hydrogen-bond acceptors (Lipinski definition) is 2. The van der Waals surface area contributed by atoms with Crippen LogP contribution in [0.15, 0.2) is 0 Å². The van der Waals surface area contributed by atoms with Crippen molar-refractivity contribution in [3.05, 3.63) is 0 Å². The quantitative estimate of drug-likeness (QED) is 0.866. The molecular weight excluding hydrogens is 260 g/mol. The molecule has 0 radical (unpaired) electrons. The minimum atomic E-state index is 0. The zero-order valence-electron chi connectivity index (χ0n) is 12.4. The van der Waals surface area contributed by atoms with Crippen LogP contribution < -0.4 is 5.32 Å². The van der Waals surface area contributed by atoms with Crippen molar-refractivity contribution < 1.29 is 4.79 Å². The molecule has 4 heteroatoms. The van der Waals surface area contributed by atoms with Crippen LogP contribution >= 0.6 is 12.4 Å². The Bertz CT molecular complexity index is 279. The molecule has 2 heterocycles. The molecular formula is C15H29ClN2O. The summed E-state index contributed by atoms with van der Waals surface area (Å²) in [7, 11) is 0. The van der Waals surface area contributed by atoms with Gasteiger partial charge >= 0.3 is 0 Å². The van der Waals surface area contributed by atoms with Crippen LogP contribution in [0.3, 0.4) is 0 Å². The number of nitrogens with zero attached hydrogens (tertiary/aromatic N) is 1. The van der Waals surface area contributed by atoms with Gasteiger partial charge in [0.1, 0.15) is 0 Å². The molecule has 19 heavy (non-hydrogen) atoms. The lowest BCUT2D eigenvalue weighted by molar-refractivity contribution is -0.136. The van der Waals surface area contributed by atoms with Crippen molar-refractivity contribution in [2.75, 3.05) is 19.6 Å². The van der Waals surface area contributed by atoms with E-state index in [-0.39, 0.29) is 12.4 Å². The second-order valence-electron chi connectivity index (χ2n) is 6.18. The van der Waals surface area contributed by atoms with E-state index in [1.54, 1.807) is 0 Å². The van der Waals surface area contributed by atoms with Gasteiger partial charge in [0.2, 0.25) is 5.91 Å². The summed E-state index contributed by atoms with van der Waals surface area (Å²) >= 11 is 0. The summed E-state index contributed by atoms with van der Waals surface area (Å²) in [6.07, 6.45) is 6.82. The SMILES string of the molecule is CC1CCCN(C(=O)CCC2CCNCC2)C1C.Cl. The highest BCUT2D eigenvalue weighted by Crippen LogP contribution is 2.25. The molecule has 2 aliphatic rings. The van der Waals surface area contributed by atoms with Gasteiger partial charge in [-0.15, -0.1) is 12.4 Å². The number of carbonyl (C=O) groups excluding carboxylic acids is 1. The van der Waals surface area contributed by atoms with Crippen molar-refractivity contribution in [2.45, 2.75) is 58.4 Å². The number of piperidine rings is 2. The molecule has 2 unspecified atom stereocenters. The molecule has 0 aromatic heterocycles. The molecule has 112 valence electrons. The highest BCUT2D eigenvalue weighted by atomic mass is 35.5. The monoisotopic (exact) mass is 288 g/mol. The first-order chi connectivity index (χ1) is 8.68. The fourth-order valence-corrected chi connectivity index (χ4v) is 3.33. The van der Waals surface area contributed by atoms with Gasteiger partial charge in [-0.05, 0) is 64.0 Å². The van der Waals surface area contributed by atoms with E-state index in [2.05, 4.69) is 24.1 Å². The number of likely N-dealkylation sites (tertiary alicyclic amines) is 1. The van der Waals surface area contributed by atoms with E-state index in [1.165, 1.54) is 25.7 Å². The third-order valence-corrected chi connectivity index (χ3v) is 4.92. The number of nitrogens with one attached hydrogen (secondary N) is 1. The van der Waals surface area contributed by atoms with E-state index in [0.29, 0.717) is 17.9 Å². The summed E-state index contributed by atoms with van der Waals surface area (Å²) < 4.78 is 0. The van der Waals surface area contributed by atoms with Gasteiger partial charge in [-0.3, -0.25) is 4.79 Å². The number of carbonyl (C=O) groups is 1. The molecule has 2 aliphatic heterocycles. The Hall–Kier alpha value is -0.280. The Kier molecular flexibility index (Phi) is 7.16. The fourth-order valence-electron chi connectivity index (χ4n) is 3.33. The Balaban J connectivity index is 0.00000180. The summed E-state index contributed by atoms with van der Waals surface area (Å²) in [6, 6.07) is 0.444. The molecule has 0 saturated carbocycles. The van der Waals surface area contributed by atoms with Crippen molar-refractivity contribution >= 4 is 18.3 Å². The van der Waals surface area contributed by atoms with Crippen molar-refractivity contribution in [2.24, 2.45) is 11.8 Å². The summed E-state index contributed by atoms with van der Waals surface area (Å²) in [5.41, 5.74) is 0. The Morgan fingerprint density at radius 2 is 1.89 bits per heavy atom. The molecule has 0 aliphatic carbocycles. The zero-order valence-corrected chi connectivity index (χ0v) is 13.2. The van der Waals surface area contributed by atoms with E-state index in [0.717, 1.165) is 38.4 Å². The molecule has 2 fully saturated rings. The fraction of sp³-hybridized carbons (Fsp3) is 0.933. The molecule has 3 nitrogen and oxygen atoms in total. The molecule has 1 N–H and O–H groups in total.